The van der Waals surface area contributed by atoms with Crippen LogP contribution in [-0.4, -0.2) is 50.0 Å². The summed E-state index contributed by atoms with van der Waals surface area (Å²) in [6, 6.07) is 0. The van der Waals surface area contributed by atoms with Crippen molar-refractivity contribution < 1.29 is 47.5 Å². The average Bonchev–Trinajstić information content (AvgIpc) is 1.38. The molecule has 0 aromatic carbocycles. The Labute approximate surface area is 56.1 Å². The highest BCUT2D eigenvalue weighted by atomic mass is 17.1. The molecule has 9 nitrogen and oxygen atoms in total. The minimum Gasteiger partial charge on any atom is -0.412 e. The van der Waals surface area contributed by atoms with Gasteiger partial charge in [0.15, 0.2) is 0 Å². The Balaban J connectivity index is -0.00000000800. The SMILES string of the molecule is O.O.O.O.O.OOB(O)O. The van der Waals surface area contributed by atoms with Gasteiger partial charge < -0.3 is 37.4 Å². The van der Waals surface area contributed by atoms with E-state index in [-0.39, 0.29) is 27.4 Å². The standard InChI is InChI=1S/BH3O4.5H2O/c2-1(3)5-4;;;;;/h2-4H;5*1H2. The summed E-state index contributed by atoms with van der Waals surface area (Å²) in [6.07, 6.45) is 0. The molecule has 0 fully saturated rings. The van der Waals surface area contributed by atoms with Crippen molar-refractivity contribution in [1.82, 2.24) is 0 Å². The molecule has 0 spiro atoms. The predicted octanol–water partition coefficient (Wildman–Crippen LogP) is -5.68. The van der Waals surface area contributed by atoms with Crippen LogP contribution >= 0.6 is 0 Å². The van der Waals surface area contributed by atoms with Crippen molar-refractivity contribution in [2.45, 2.75) is 0 Å². The molecule has 13 N–H and O–H groups in total. The third-order valence-electron chi connectivity index (χ3n) is 0.0943. The lowest BCUT2D eigenvalue weighted by molar-refractivity contribution is -0.173. The number of rotatable bonds is 1. The minimum atomic E-state index is -2.06. The van der Waals surface area contributed by atoms with E-state index in [1.165, 1.54) is 0 Å². The van der Waals surface area contributed by atoms with Crippen molar-refractivity contribution >= 4 is 7.32 Å². The number of hydrogen-bond donors (Lipinski definition) is 3. The van der Waals surface area contributed by atoms with Crippen molar-refractivity contribution in [3.8, 4) is 0 Å². The molecular weight excluding hydrogens is 155 g/mol. The fourth-order valence-electron chi connectivity index (χ4n) is 0. The summed E-state index contributed by atoms with van der Waals surface area (Å²) in [7, 11) is -2.06. The Morgan fingerprint density at radius 1 is 0.800 bits per heavy atom. The van der Waals surface area contributed by atoms with Crippen molar-refractivity contribution in [3.05, 3.63) is 0 Å². The molecule has 70 valence electrons. The summed E-state index contributed by atoms with van der Waals surface area (Å²) in [5.74, 6) is 0. The molecule has 10 heavy (non-hydrogen) atoms. The van der Waals surface area contributed by atoms with E-state index in [1.54, 1.807) is 0 Å². The lowest BCUT2D eigenvalue weighted by Gasteiger charge is -1.82. The van der Waals surface area contributed by atoms with Gasteiger partial charge in [0, 0.05) is 0 Å². The second kappa shape index (κ2) is 37.6. The molecule has 0 aromatic heterocycles. The first-order chi connectivity index (χ1) is 2.27. The van der Waals surface area contributed by atoms with Crippen LogP contribution in [0.1, 0.15) is 0 Å². The molecule has 0 saturated heterocycles. The Bertz CT molecular complexity index is 18.7. The summed E-state index contributed by atoms with van der Waals surface area (Å²) in [4.78, 5) is 2.86. The molecule has 0 atom stereocenters. The Hall–Kier alpha value is -0.295. The van der Waals surface area contributed by atoms with Gasteiger partial charge in [-0.1, -0.05) is 0 Å². The largest absolute Gasteiger partial charge is 0.662 e. The van der Waals surface area contributed by atoms with Gasteiger partial charge in [-0.25, -0.2) is 4.81 Å². The van der Waals surface area contributed by atoms with Crippen LogP contribution in [0.4, 0.5) is 0 Å². The van der Waals surface area contributed by atoms with E-state index in [1.807, 2.05) is 0 Å². The molecule has 0 radical (unpaired) electrons. The minimum absolute atomic E-state index is 0. The first kappa shape index (κ1) is 53.6. The van der Waals surface area contributed by atoms with Gasteiger partial charge in [-0.15, -0.1) is 0 Å². The van der Waals surface area contributed by atoms with Crippen molar-refractivity contribution in [2.24, 2.45) is 0 Å². The molecule has 0 bridgehead atoms. The Kier molecular flexibility index (Phi) is 202. The fourth-order valence-corrected chi connectivity index (χ4v) is 0. The van der Waals surface area contributed by atoms with Gasteiger partial charge in [-0.05, 0) is 0 Å². The molecule has 0 amide bonds. The van der Waals surface area contributed by atoms with Crippen molar-refractivity contribution in [3.63, 3.8) is 0 Å². The Morgan fingerprint density at radius 2 is 0.900 bits per heavy atom. The molecular formula is H13BO9. The van der Waals surface area contributed by atoms with Crippen LogP contribution in [0.5, 0.6) is 0 Å². The third kappa shape index (κ3) is 119. The van der Waals surface area contributed by atoms with Gasteiger partial charge in [0.2, 0.25) is 0 Å². The van der Waals surface area contributed by atoms with Gasteiger partial charge in [-0.2, -0.15) is 0 Å². The molecule has 0 aromatic rings. The van der Waals surface area contributed by atoms with E-state index in [0.717, 1.165) is 0 Å². The molecule has 0 heterocycles. The van der Waals surface area contributed by atoms with Gasteiger partial charge in [0.05, 0.1) is 0 Å². The maximum atomic E-state index is 7.44. The smallest absolute Gasteiger partial charge is 0.412 e. The van der Waals surface area contributed by atoms with Crippen LogP contribution < -0.4 is 0 Å². The summed E-state index contributed by atoms with van der Waals surface area (Å²) < 4.78 is 0. The highest BCUT2D eigenvalue weighted by molar-refractivity contribution is 6.32. The molecule has 0 aliphatic rings. The van der Waals surface area contributed by atoms with E-state index in [4.69, 9.17) is 15.3 Å². The zero-order valence-corrected chi connectivity index (χ0v) is 4.83. The van der Waals surface area contributed by atoms with Crippen LogP contribution in [0.25, 0.3) is 0 Å². The highest BCUT2D eigenvalue weighted by Gasteiger charge is 2.03. The monoisotopic (exact) mass is 168 g/mol. The Morgan fingerprint density at radius 3 is 0.900 bits per heavy atom. The van der Waals surface area contributed by atoms with Crippen molar-refractivity contribution in [1.29, 1.82) is 0 Å². The molecule has 0 saturated carbocycles. The van der Waals surface area contributed by atoms with Crippen LogP contribution in [-0.2, 0) is 4.81 Å². The van der Waals surface area contributed by atoms with E-state index >= 15 is 0 Å². The summed E-state index contributed by atoms with van der Waals surface area (Å²) in [5, 5.41) is 22.0. The lowest BCUT2D eigenvalue weighted by Crippen LogP contribution is -2.13. The molecule has 0 aliphatic carbocycles. The normalized spacial score (nSPS) is 3.90. The van der Waals surface area contributed by atoms with Gasteiger partial charge in [-0.3, -0.25) is 5.26 Å². The highest BCUT2D eigenvalue weighted by Crippen LogP contribution is 1.58. The topological polar surface area (TPSA) is 227 Å². The maximum absolute atomic E-state index is 7.44. The zero-order valence-electron chi connectivity index (χ0n) is 4.83. The second-order valence-corrected chi connectivity index (χ2v) is 0.432. The van der Waals surface area contributed by atoms with Crippen LogP contribution in [0, 0.1) is 0 Å². The number of hydrogen-bond acceptors (Lipinski definition) is 4. The van der Waals surface area contributed by atoms with Crippen LogP contribution in [0.2, 0.25) is 0 Å². The molecule has 0 rings (SSSR count). The van der Waals surface area contributed by atoms with Crippen molar-refractivity contribution in [2.75, 3.05) is 0 Å². The molecule has 0 unspecified atom stereocenters. The zero-order chi connectivity index (χ0) is 4.28. The predicted molar refractivity (Wildman–Crippen MR) is 32.0 cm³/mol. The van der Waals surface area contributed by atoms with E-state index in [0.29, 0.717) is 0 Å². The van der Waals surface area contributed by atoms with Gasteiger partial charge in [0.25, 0.3) is 0 Å². The van der Waals surface area contributed by atoms with E-state index < -0.39 is 7.32 Å². The summed E-state index contributed by atoms with van der Waals surface area (Å²) in [5.41, 5.74) is 0. The molecule has 0 aliphatic heterocycles. The van der Waals surface area contributed by atoms with Crippen LogP contribution in [0.15, 0.2) is 0 Å². The van der Waals surface area contributed by atoms with E-state index in [9.17, 15) is 0 Å². The summed E-state index contributed by atoms with van der Waals surface area (Å²) in [6.45, 7) is 0. The second-order valence-electron chi connectivity index (χ2n) is 0.432. The lowest BCUT2D eigenvalue weighted by atomic mass is 10.3. The first-order valence-corrected chi connectivity index (χ1v) is 0.935. The fraction of sp³-hybridized carbons (Fsp3) is 0. The van der Waals surface area contributed by atoms with Gasteiger partial charge >= 0.3 is 7.32 Å². The first-order valence-electron chi connectivity index (χ1n) is 0.935. The molecule has 10 heteroatoms. The summed E-state index contributed by atoms with van der Waals surface area (Å²) >= 11 is 0. The van der Waals surface area contributed by atoms with Gasteiger partial charge in [0.1, 0.15) is 0 Å². The maximum Gasteiger partial charge on any atom is 0.662 e. The quantitative estimate of drug-likeness (QED) is 0.197. The van der Waals surface area contributed by atoms with E-state index in [2.05, 4.69) is 4.81 Å². The average molecular weight is 168 g/mol. The third-order valence-corrected chi connectivity index (χ3v) is 0.0943. The van der Waals surface area contributed by atoms with Crippen LogP contribution in [0.3, 0.4) is 0 Å².